The molecule has 144 valence electrons. The molecule has 0 heterocycles. The lowest BCUT2D eigenvalue weighted by Gasteiger charge is -2.13. The smallest absolute Gasteiger partial charge is 0.340 e. The third kappa shape index (κ3) is 4.83. The molecule has 0 aliphatic rings. The second kappa shape index (κ2) is 8.19. The number of ether oxygens (including phenoxy) is 1. The average molecular weight is 391 g/mol. The van der Waals surface area contributed by atoms with Gasteiger partial charge in [-0.25, -0.2) is 17.5 Å². The number of nitrogens with zero attached hydrogens (tertiary/aromatic N) is 1. The van der Waals surface area contributed by atoms with Gasteiger partial charge >= 0.3 is 5.97 Å². The maximum Gasteiger partial charge on any atom is 0.340 e. The second-order valence-corrected chi connectivity index (χ2v) is 8.13. The zero-order valence-electron chi connectivity index (χ0n) is 15.2. The van der Waals surface area contributed by atoms with Crippen molar-refractivity contribution in [2.45, 2.75) is 11.8 Å². The Labute approximate surface area is 158 Å². The summed E-state index contributed by atoms with van der Waals surface area (Å²) < 4.78 is 30.3. The molecule has 0 unspecified atom stereocenters. The minimum atomic E-state index is -3.62. The third-order valence-electron chi connectivity index (χ3n) is 3.77. The molecule has 0 bridgehead atoms. The van der Waals surface area contributed by atoms with Gasteiger partial charge in [-0.1, -0.05) is 18.2 Å². The zero-order valence-corrected chi connectivity index (χ0v) is 16.0. The van der Waals surface area contributed by atoms with Gasteiger partial charge in [-0.3, -0.25) is 4.79 Å². The zero-order chi connectivity index (χ0) is 20.2. The highest BCUT2D eigenvalue weighted by Gasteiger charge is 2.18. The highest BCUT2D eigenvalue weighted by molar-refractivity contribution is 7.89. The largest absolute Gasteiger partial charge is 0.452 e. The number of carbonyl (C=O) groups is 2. The number of aryl methyl sites for hydroxylation is 1. The number of esters is 1. The van der Waals surface area contributed by atoms with Crippen LogP contribution in [0.4, 0.5) is 11.4 Å². The molecule has 0 spiro atoms. The lowest BCUT2D eigenvalue weighted by molar-refractivity contribution is -0.119. The number of para-hydroxylation sites is 1. The van der Waals surface area contributed by atoms with Crippen molar-refractivity contribution in [2.75, 3.05) is 31.8 Å². The third-order valence-corrected chi connectivity index (χ3v) is 5.59. The normalized spacial score (nSPS) is 11.3. The highest BCUT2D eigenvalue weighted by Crippen LogP contribution is 2.19. The second-order valence-electron chi connectivity index (χ2n) is 5.98. The standard InChI is InChI=1S/C18H21N3O5S/c1-12-6-4-9-15(17(12)19)18(23)26-11-16(22)20-13-7-5-8-14(10-13)27(24,25)21(2)3/h4-10H,11,19H2,1-3H3,(H,20,22). The molecule has 0 aromatic heterocycles. The van der Waals surface area contributed by atoms with Crippen LogP contribution in [-0.4, -0.2) is 45.3 Å². The first-order valence-corrected chi connectivity index (χ1v) is 9.41. The first-order chi connectivity index (χ1) is 12.6. The van der Waals surface area contributed by atoms with Gasteiger partial charge in [0, 0.05) is 25.5 Å². The number of hydrogen-bond donors (Lipinski definition) is 2. The van der Waals surface area contributed by atoms with Gasteiger partial charge in [0.05, 0.1) is 10.5 Å². The number of nitrogens with two attached hydrogens (primary N) is 1. The van der Waals surface area contributed by atoms with E-state index in [-0.39, 0.29) is 16.1 Å². The Hall–Kier alpha value is -2.91. The summed E-state index contributed by atoms with van der Waals surface area (Å²) in [6.07, 6.45) is 0. The quantitative estimate of drug-likeness (QED) is 0.571. The number of benzene rings is 2. The molecule has 0 aliphatic heterocycles. The van der Waals surface area contributed by atoms with Crippen LogP contribution in [0.2, 0.25) is 0 Å². The highest BCUT2D eigenvalue weighted by atomic mass is 32.2. The van der Waals surface area contributed by atoms with Crippen molar-refractivity contribution in [1.29, 1.82) is 0 Å². The van der Waals surface area contributed by atoms with Gasteiger partial charge in [0.1, 0.15) is 0 Å². The van der Waals surface area contributed by atoms with Gasteiger partial charge in [0.15, 0.2) is 6.61 Å². The predicted molar refractivity (Wildman–Crippen MR) is 102 cm³/mol. The summed E-state index contributed by atoms with van der Waals surface area (Å²) >= 11 is 0. The summed E-state index contributed by atoms with van der Waals surface area (Å²) in [6, 6.07) is 10.7. The summed E-state index contributed by atoms with van der Waals surface area (Å²) in [5.74, 6) is -1.32. The van der Waals surface area contributed by atoms with Crippen LogP contribution in [0.3, 0.4) is 0 Å². The van der Waals surface area contributed by atoms with Crippen molar-refractivity contribution in [3.8, 4) is 0 Å². The number of amides is 1. The number of nitrogens with one attached hydrogen (secondary N) is 1. The van der Waals surface area contributed by atoms with Crippen LogP contribution in [0, 0.1) is 6.92 Å². The summed E-state index contributed by atoms with van der Waals surface area (Å²) in [6.45, 7) is 1.23. The number of nitrogen functional groups attached to an aromatic ring is 1. The molecule has 0 fully saturated rings. The van der Waals surface area contributed by atoms with Crippen LogP contribution in [0.15, 0.2) is 47.4 Å². The van der Waals surface area contributed by atoms with Crippen LogP contribution in [0.5, 0.6) is 0 Å². The monoisotopic (exact) mass is 391 g/mol. The Balaban J connectivity index is 2.02. The van der Waals surface area contributed by atoms with E-state index in [1.54, 1.807) is 19.1 Å². The maximum absolute atomic E-state index is 12.1. The van der Waals surface area contributed by atoms with Gasteiger partial charge in [-0.2, -0.15) is 0 Å². The molecule has 3 N–H and O–H groups in total. The van der Waals surface area contributed by atoms with Crippen molar-refractivity contribution in [2.24, 2.45) is 0 Å². The fraction of sp³-hybridized carbons (Fsp3) is 0.222. The molecule has 9 heteroatoms. The summed E-state index contributed by atoms with van der Waals surface area (Å²) in [5, 5.41) is 2.50. The van der Waals surface area contributed by atoms with Gasteiger partial charge in [0.2, 0.25) is 10.0 Å². The molecule has 0 atom stereocenters. The molecular weight excluding hydrogens is 370 g/mol. The van der Waals surface area contributed by atoms with Gasteiger partial charge < -0.3 is 15.8 Å². The minimum Gasteiger partial charge on any atom is -0.452 e. The lowest BCUT2D eigenvalue weighted by Crippen LogP contribution is -2.23. The van der Waals surface area contributed by atoms with Crippen LogP contribution >= 0.6 is 0 Å². The SMILES string of the molecule is Cc1cccc(C(=O)OCC(=O)Nc2cccc(S(=O)(=O)N(C)C)c2)c1N. The van der Waals surface area contributed by atoms with E-state index in [2.05, 4.69) is 5.32 Å². The molecule has 0 saturated heterocycles. The summed E-state index contributed by atoms with van der Waals surface area (Å²) in [4.78, 5) is 24.1. The van der Waals surface area contributed by atoms with E-state index in [1.165, 1.54) is 44.4 Å². The van der Waals surface area contributed by atoms with E-state index >= 15 is 0 Å². The first-order valence-electron chi connectivity index (χ1n) is 7.97. The Morgan fingerprint density at radius 3 is 2.48 bits per heavy atom. The fourth-order valence-electron chi connectivity index (χ4n) is 2.21. The molecule has 2 rings (SSSR count). The van der Waals surface area contributed by atoms with Crippen molar-refractivity contribution in [1.82, 2.24) is 4.31 Å². The van der Waals surface area contributed by atoms with Crippen LogP contribution < -0.4 is 11.1 Å². The van der Waals surface area contributed by atoms with Crippen molar-refractivity contribution >= 4 is 33.3 Å². The number of anilines is 2. The predicted octanol–water partition coefficient (Wildman–Crippen LogP) is 1.62. The molecule has 0 aliphatic carbocycles. The van der Waals surface area contributed by atoms with Crippen molar-refractivity contribution in [3.63, 3.8) is 0 Å². The fourth-order valence-corrected chi connectivity index (χ4v) is 3.16. The van der Waals surface area contributed by atoms with Crippen LogP contribution in [0.1, 0.15) is 15.9 Å². The molecule has 0 saturated carbocycles. The Morgan fingerprint density at radius 1 is 1.15 bits per heavy atom. The van der Waals surface area contributed by atoms with Gasteiger partial charge in [-0.05, 0) is 36.8 Å². The molecular formula is C18H21N3O5S. The maximum atomic E-state index is 12.1. The first kappa shape index (κ1) is 20.4. The van der Waals surface area contributed by atoms with E-state index in [4.69, 9.17) is 10.5 Å². The number of carbonyl (C=O) groups excluding carboxylic acids is 2. The molecule has 27 heavy (non-hydrogen) atoms. The Morgan fingerprint density at radius 2 is 1.81 bits per heavy atom. The van der Waals surface area contributed by atoms with Crippen molar-refractivity contribution in [3.05, 3.63) is 53.6 Å². The van der Waals surface area contributed by atoms with E-state index in [0.29, 0.717) is 5.69 Å². The summed E-state index contributed by atoms with van der Waals surface area (Å²) in [7, 11) is -0.796. The van der Waals surface area contributed by atoms with E-state index in [1.807, 2.05) is 0 Å². The van der Waals surface area contributed by atoms with Crippen LogP contribution in [0.25, 0.3) is 0 Å². The topological polar surface area (TPSA) is 119 Å². The van der Waals surface area contributed by atoms with E-state index in [9.17, 15) is 18.0 Å². The van der Waals surface area contributed by atoms with Crippen LogP contribution in [-0.2, 0) is 19.6 Å². The molecule has 1 amide bonds. The van der Waals surface area contributed by atoms with Crippen molar-refractivity contribution < 1.29 is 22.7 Å². The minimum absolute atomic E-state index is 0.0369. The Kier molecular flexibility index (Phi) is 6.19. The van der Waals surface area contributed by atoms with Gasteiger partial charge in [-0.15, -0.1) is 0 Å². The summed E-state index contributed by atoms with van der Waals surface area (Å²) in [5.41, 5.74) is 7.31. The van der Waals surface area contributed by atoms with E-state index < -0.39 is 28.5 Å². The molecule has 2 aromatic carbocycles. The average Bonchev–Trinajstić information content (AvgIpc) is 2.62. The van der Waals surface area contributed by atoms with Gasteiger partial charge in [0.25, 0.3) is 5.91 Å². The molecule has 0 radical (unpaired) electrons. The molecule has 2 aromatic rings. The lowest BCUT2D eigenvalue weighted by atomic mass is 10.1. The molecule has 8 nitrogen and oxygen atoms in total. The van der Waals surface area contributed by atoms with E-state index in [0.717, 1.165) is 9.87 Å². The number of rotatable bonds is 6. The Bertz CT molecular complexity index is 971. The number of sulfonamides is 1. The number of hydrogen-bond acceptors (Lipinski definition) is 6.